The molecule has 5 atom stereocenters. The van der Waals surface area contributed by atoms with Crippen molar-refractivity contribution in [2.75, 3.05) is 0 Å². The summed E-state index contributed by atoms with van der Waals surface area (Å²) in [4.78, 5) is 23.8. The Balaban J connectivity index is 1.91. The number of hydrogen-bond acceptors (Lipinski definition) is 5. The second kappa shape index (κ2) is 7.63. The molecule has 2 saturated heterocycles. The number of fused-ring (bicyclic) bond motifs is 2. The normalized spacial score (nSPS) is 41.0. The minimum atomic E-state index is -0.523. The summed E-state index contributed by atoms with van der Waals surface area (Å²) in [6, 6.07) is 0. The Bertz CT molecular complexity index is 703. The molecule has 2 heterocycles. The van der Waals surface area contributed by atoms with Gasteiger partial charge in [-0.15, -0.1) is 0 Å². The van der Waals surface area contributed by atoms with Gasteiger partial charge < -0.3 is 14.2 Å². The molecular weight excluding hydrogens is 344 g/mol. The lowest BCUT2D eigenvalue weighted by Gasteiger charge is -2.26. The molecule has 2 fully saturated rings. The predicted octanol–water partition coefficient (Wildman–Crippen LogP) is 4.03. The van der Waals surface area contributed by atoms with Crippen molar-refractivity contribution >= 4 is 11.9 Å². The van der Waals surface area contributed by atoms with Crippen molar-refractivity contribution in [1.29, 1.82) is 0 Å². The molecule has 3 rings (SSSR count). The number of carbonyl (C=O) groups excluding carboxylic acids is 2. The Labute approximate surface area is 161 Å². The standard InChI is InChI=1S/C22H30O5/c1-13-7-6-8-14(2)11-18-17(15(3)21(24)26-18)12-20(25-16(4)23)22(5)19(27-22)10-9-13/h7,11,17-20H,3,6,8-10,12H2,1-2,4-5H3/b13-7-,14-11+/t17-,18+,19+,20-,22+/m1/s1. The Morgan fingerprint density at radius 2 is 2.04 bits per heavy atom. The lowest BCUT2D eigenvalue weighted by atomic mass is 9.84. The van der Waals surface area contributed by atoms with Crippen LogP contribution in [-0.2, 0) is 23.8 Å². The number of allylic oxidation sites excluding steroid dienone is 3. The molecule has 0 radical (unpaired) electrons. The SMILES string of the molecule is C=C1C(=O)O[C@H]2/C=C(\C)CC/C=C(/C)CC[C@@H]3O[C@]3(C)[C@H](OC(C)=O)C[C@H]12. The van der Waals surface area contributed by atoms with Crippen LogP contribution in [0.4, 0.5) is 0 Å². The molecule has 1 aliphatic carbocycles. The van der Waals surface area contributed by atoms with Gasteiger partial charge in [-0.05, 0) is 59.0 Å². The van der Waals surface area contributed by atoms with E-state index in [0.717, 1.165) is 25.7 Å². The van der Waals surface area contributed by atoms with Crippen molar-refractivity contribution in [3.05, 3.63) is 35.5 Å². The van der Waals surface area contributed by atoms with Crippen LogP contribution in [0.25, 0.3) is 0 Å². The highest BCUT2D eigenvalue weighted by Gasteiger charge is 2.60. The van der Waals surface area contributed by atoms with E-state index in [2.05, 4.69) is 26.5 Å². The van der Waals surface area contributed by atoms with Gasteiger partial charge in [-0.2, -0.15) is 0 Å². The minimum absolute atomic E-state index is 0.0511. The third kappa shape index (κ3) is 4.34. The zero-order valence-electron chi connectivity index (χ0n) is 16.7. The molecule has 0 aromatic heterocycles. The van der Waals surface area contributed by atoms with Crippen LogP contribution < -0.4 is 0 Å². The van der Waals surface area contributed by atoms with E-state index in [-0.39, 0.29) is 30.1 Å². The molecule has 148 valence electrons. The lowest BCUT2D eigenvalue weighted by molar-refractivity contribution is -0.151. The van der Waals surface area contributed by atoms with E-state index in [9.17, 15) is 9.59 Å². The van der Waals surface area contributed by atoms with Crippen LogP contribution in [-0.4, -0.2) is 35.9 Å². The highest BCUT2D eigenvalue weighted by atomic mass is 16.6. The fourth-order valence-corrected chi connectivity index (χ4v) is 4.16. The maximum atomic E-state index is 12.1. The summed E-state index contributed by atoms with van der Waals surface area (Å²) in [6.07, 6.45) is 7.78. The van der Waals surface area contributed by atoms with E-state index in [4.69, 9.17) is 14.2 Å². The summed E-state index contributed by atoms with van der Waals surface area (Å²) in [6.45, 7) is 11.5. The first-order chi connectivity index (χ1) is 12.7. The van der Waals surface area contributed by atoms with Crippen LogP contribution in [0.15, 0.2) is 35.5 Å². The molecule has 0 amide bonds. The van der Waals surface area contributed by atoms with Crippen molar-refractivity contribution in [2.45, 2.75) is 83.7 Å². The topological polar surface area (TPSA) is 65.1 Å². The van der Waals surface area contributed by atoms with Crippen LogP contribution in [0.5, 0.6) is 0 Å². The second-order valence-corrected chi connectivity index (χ2v) is 8.27. The average Bonchev–Trinajstić information content (AvgIpc) is 3.18. The molecule has 0 bridgehead atoms. The van der Waals surface area contributed by atoms with E-state index >= 15 is 0 Å². The van der Waals surface area contributed by atoms with Gasteiger partial charge in [0, 0.05) is 18.4 Å². The van der Waals surface area contributed by atoms with Gasteiger partial charge in [0.25, 0.3) is 0 Å². The van der Waals surface area contributed by atoms with Crippen LogP contribution in [0.3, 0.4) is 0 Å². The fourth-order valence-electron chi connectivity index (χ4n) is 4.16. The van der Waals surface area contributed by atoms with E-state index in [1.54, 1.807) is 0 Å². The highest BCUT2D eigenvalue weighted by Crippen LogP contribution is 2.47. The van der Waals surface area contributed by atoms with Crippen molar-refractivity contribution in [2.24, 2.45) is 5.92 Å². The Morgan fingerprint density at radius 1 is 1.30 bits per heavy atom. The zero-order chi connectivity index (χ0) is 19.8. The number of carbonyl (C=O) groups is 2. The van der Waals surface area contributed by atoms with Crippen LogP contribution in [0.1, 0.15) is 59.8 Å². The first kappa shape index (κ1) is 19.9. The lowest BCUT2D eigenvalue weighted by Crippen LogP contribution is -2.37. The molecule has 2 aliphatic heterocycles. The fraction of sp³-hybridized carbons (Fsp3) is 0.636. The predicted molar refractivity (Wildman–Crippen MR) is 102 cm³/mol. The zero-order valence-corrected chi connectivity index (χ0v) is 16.7. The molecule has 0 aromatic carbocycles. The van der Waals surface area contributed by atoms with Crippen LogP contribution in [0, 0.1) is 5.92 Å². The highest BCUT2D eigenvalue weighted by molar-refractivity contribution is 5.91. The van der Waals surface area contributed by atoms with Gasteiger partial charge in [-0.3, -0.25) is 4.79 Å². The molecule has 5 heteroatoms. The first-order valence-electron chi connectivity index (χ1n) is 9.78. The van der Waals surface area contributed by atoms with E-state index in [1.165, 1.54) is 18.1 Å². The third-order valence-electron chi connectivity index (χ3n) is 6.02. The largest absolute Gasteiger partial charge is 0.459 e. The van der Waals surface area contributed by atoms with Crippen molar-refractivity contribution in [1.82, 2.24) is 0 Å². The number of epoxide rings is 1. The average molecular weight is 374 g/mol. The van der Waals surface area contributed by atoms with Gasteiger partial charge in [0.1, 0.15) is 17.8 Å². The summed E-state index contributed by atoms with van der Waals surface area (Å²) < 4.78 is 17.2. The Kier molecular flexibility index (Phi) is 5.61. The Hall–Kier alpha value is -1.88. The summed E-state index contributed by atoms with van der Waals surface area (Å²) in [5.74, 6) is -0.917. The first-order valence-corrected chi connectivity index (χ1v) is 9.78. The smallest absolute Gasteiger partial charge is 0.334 e. The van der Waals surface area contributed by atoms with Gasteiger partial charge in [0.05, 0.1) is 6.10 Å². The van der Waals surface area contributed by atoms with E-state index in [0.29, 0.717) is 12.0 Å². The number of ether oxygens (including phenoxy) is 3. The van der Waals surface area contributed by atoms with Crippen LogP contribution >= 0.6 is 0 Å². The summed E-state index contributed by atoms with van der Waals surface area (Å²) >= 11 is 0. The molecule has 5 nitrogen and oxygen atoms in total. The monoisotopic (exact) mass is 374 g/mol. The second-order valence-electron chi connectivity index (χ2n) is 8.27. The molecular formula is C22H30O5. The van der Waals surface area contributed by atoms with Crippen molar-refractivity contribution in [3.8, 4) is 0 Å². The molecule has 0 aromatic rings. The molecule has 0 N–H and O–H groups in total. The van der Waals surface area contributed by atoms with E-state index in [1.807, 2.05) is 13.0 Å². The van der Waals surface area contributed by atoms with Gasteiger partial charge >= 0.3 is 11.9 Å². The molecule has 27 heavy (non-hydrogen) atoms. The molecule has 0 spiro atoms. The molecule has 3 aliphatic rings. The number of esters is 2. The number of rotatable bonds is 1. The Morgan fingerprint density at radius 3 is 2.74 bits per heavy atom. The summed E-state index contributed by atoms with van der Waals surface area (Å²) in [5, 5.41) is 0. The molecule has 0 unspecified atom stereocenters. The van der Waals surface area contributed by atoms with Gasteiger partial charge in [0.2, 0.25) is 0 Å². The van der Waals surface area contributed by atoms with Gasteiger partial charge in [0.15, 0.2) is 0 Å². The summed E-state index contributed by atoms with van der Waals surface area (Å²) in [5.41, 5.74) is 2.46. The maximum absolute atomic E-state index is 12.1. The quantitative estimate of drug-likeness (QED) is 0.300. The van der Waals surface area contributed by atoms with Gasteiger partial charge in [-0.25, -0.2) is 4.79 Å². The third-order valence-corrected chi connectivity index (χ3v) is 6.02. The van der Waals surface area contributed by atoms with Crippen molar-refractivity contribution < 1.29 is 23.8 Å². The van der Waals surface area contributed by atoms with Gasteiger partial charge in [-0.1, -0.05) is 23.8 Å². The minimum Gasteiger partial charge on any atom is -0.459 e. The van der Waals surface area contributed by atoms with Crippen LogP contribution in [0.2, 0.25) is 0 Å². The summed E-state index contributed by atoms with van der Waals surface area (Å²) in [7, 11) is 0. The number of hydrogen-bond donors (Lipinski definition) is 0. The van der Waals surface area contributed by atoms with E-state index < -0.39 is 11.7 Å². The van der Waals surface area contributed by atoms with Crippen molar-refractivity contribution in [3.63, 3.8) is 0 Å². The molecule has 0 saturated carbocycles. The maximum Gasteiger partial charge on any atom is 0.334 e.